The first-order valence-electron chi connectivity index (χ1n) is 5.90. The summed E-state index contributed by atoms with van der Waals surface area (Å²) in [7, 11) is 0. The molecular weight excluding hydrogens is 284 g/mol. The van der Waals surface area contributed by atoms with Gasteiger partial charge in [-0.25, -0.2) is 0 Å². The summed E-state index contributed by atoms with van der Waals surface area (Å²) in [6.45, 7) is 5.86. The average Bonchev–Trinajstić information content (AvgIpc) is 2.33. The molecule has 0 amide bonds. The van der Waals surface area contributed by atoms with Crippen LogP contribution in [0.3, 0.4) is 0 Å². The molecule has 0 atom stereocenters. The van der Waals surface area contributed by atoms with E-state index in [0.29, 0.717) is 19.8 Å². The summed E-state index contributed by atoms with van der Waals surface area (Å²) in [5.74, 6) is 2.33. The SMILES string of the molecule is CCOc1ccc(OCC)c(OCCCBr)c1. The van der Waals surface area contributed by atoms with Crippen molar-refractivity contribution in [1.29, 1.82) is 0 Å². The van der Waals surface area contributed by atoms with Crippen LogP contribution in [0, 0.1) is 0 Å². The molecule has 0 bridgehead atoms. The molecule has 0 aromatic heterocycles. The van der Waals surface area contributed by atoms with Gasteiger partial charge >= 0.3 is 0 Å². The van der Waals surface area contributed by atoms with Gasteiger partial charge in [0.1, 0.15) is 5.75 Å². The van der Waals surface area contributed by atoms with Crippen LogP contribution in [0.2, 0.25) is 0 Å². The number of alkyl halides is 1. The number of benzene rings is 1. The van der Waals surface area contributed by atoms with Crippen LogP contribution in [-0.4, -0.2) is 25.2 Å². The molecule has 0 aliphatic carbocycles. The third-order valence-corrected chi connectivity index (χ3v) is 2.62. The fourth-order valence-electron chi connectivity index (χ4n) is 1.37. The molecule has 1 rings (SSSR count). The van der Waals surface area contributed by atoms with E-state index >= 15 is 0 Å². The molecule has 0 radical (unpaired) electrons. The average molecular weight is 303 g/mol. The Morgan fingerprint density at radius 2 is 1.76 bits per heavy atom. The van der Waals surface area contributed by atoms with Gasteiger partial charge in [0.15, 0.2) is 11.5 Å². The second-order valence-electron chi connectivity index (χ2n) is 3.37. The van der Waals surface area contributed by atoms with Crippen LogP contribution in [0.25, 0.3) is 0 Å². The third-order valence-electron chi connectivity index (χ3n) is 2.06. The summed E-state index contributed by atoms with van der Waals surface area (Å²) in [4.78, 5) is 0. The molecule has 0 saturated carbocycles. The van der Waals surface area contributed by atoms with E-state index in [4.69, 9.17) is 14.2 Å². The Kier molecular flexibility index (Phi) is 6.86. The number of halogens is 1. The highest BCUT2D eigenvalue weighted by Gasteiger charge is 2.06. The minimum absolute atomic E-state index is 0.628. The molecule has 96 valence electrons. The van der Waals surface area contributed by atoms with Crippen molar-refractivity contribution in [2.75, 3.05) is 25.2 Å². The maximum atomic E-state index is 5.68. The van der Waals surface area contributed by atoms with Crippen molar-refractivity contribution in [3.63, 3.8) is 0 Å². The smallest absolute Gasteiger partial charge is 0.164 e. The van der Waals surface area contributed by atoms with Crippen molar-refractivity contribution >= 4 is 15.9 Å². The van der Waals surface area contributed by atoms with E-state index in [1.807, 2.05) is 32.0 Å². The van der Waals surface area contributed by atoms with E-state index in [2.05, 4.69) is 15.9 Å². The minimum Gasteiger partial charge on any atom is -0.494 e. The molecule has 4 heteroatoms. The molecule has 0 unspecified atom stereocenters. The van der Waals surface area contributed by atoms with Gasteiger partial charge in [0.2, 0.25) is 0 Å². The molecular formula is C13H19BrO3. The monoisotopic (exact) mass is 302 g/mol. The highest BCUT2D eigenvalue weighted by Crippen LogP contribution is 2.31. The van der Waals surface area contributed by atoms with Gasteiger partial charge in [-0.2, -0.15) is 0 Å². The quantitative estimate of drug-likeness (QED) is 0.542. The Labute approximate surface area is 111 Å². The summed E-state index contributed by atoms with van der Waals surface area (Å²) in [6.07, 6.45) is 0.963. The molecule has 3 nitrogen and oxygen atoms in total. The highest BCUT2D eigenvalue weighted by molar-refractivity contribution is 9.09. The van der Waals surface area contributed by atoms with Crippen LogP contribution in [0.15, 0.2) is 18.2 Å². The second-order valence-corrected chi connectivity index (χ2v) is 4.16. The van der Waals surface area contributed by atoms with Crippen molar-refractivity contribution in [1.82, 2.24) is 0 Å². The molecule has 1 aromatic carbocycles. The van der Waals surface area contributed by atoms with Crippen molar-refractivity contribution < 1.29 is 14.2 Å². The fourth-order valence-corrected chi connectivity index (χ4v) is 1.60. The molecule has 0 saturated heterocycles. The largest absolute Gasteiger partial charge is 0.494 e. The van der Waals surface area contributed by atoms with Gasteiger partial charge in [-0.05, 0) is 32.4 Å². The standard InChI is InChI=1S/C13H19BrO3/c1-3-15-11-6-7-12(16-4-2)13(10-11)17-9-5-8-14/h6-7,10H,3-5,8-9H2,1-2H3. The van der Waals surface area contributed by atoms with Crippen LogP contribution in [0.1, 0.15) is 20.3 Å². The van der Waals surface area contributed by atoms with Crippen LogP contribution in [0.5, 0.6) is 17.2 Å². The van der Waals surface area contributed by atoms with Crippen LogP contribution < -0.4 is 14.2 Å². The maximum Gasteiger partial charge on any atom is 0.164 e. The van der Waals surface area contributed by atoms with Crippen molar-refractivity contribution in [3.05, 3.63) is 18.2 Å². The normalized spacial score (nSPS) is 10.1. The van der Waals surface area contributed by atoms with Crippen molar-refractivity contribution in [2.45, 2.75) is 20.3 Å². The van der Waals surface area contributed by atoms with Gasteiger partial charge in [-0.1, -0.05) is 15.9 Å². The van der Waals surface area contributed by atoms with Crippen molar-refractivity contribution in [2.24, 2.45) is 0 Å². The molecule has 0 aliphatic heterocycles. The fraction of sp³-hybridized carbons (Fsp3) is 0.538. The Morgan fingerprint density at radius 1 is 1.00 bits per heavy atom. The Morgan fingerprint density at radius 3 is 2.41 bits per heavy atom. The van der Waals surface area contributed by atoms with Crippen LogP contribution in [0.4, 0.5) is 0 Å². The zero-order chi connectivity index (χ0) is 12.5. The summed E-state index contributed by atoms with van der Waals surface area (Å²) < 4.78 is 16.6. The Bertz CT molecular complexity index is 328. The number of rotatable bonds is 8. The lowest BCUT2D eigenvalue weighted by molar-refractivity contribution is 0.273. The van der Waals surface area contributed by atoms with Crippen molar-refractivity contribution in [3.8, 4) is 17.2 Å². The minimum atomic E-state index is 0.628. The second kappa shape index (κ2) is 8.23. The molecule has 0 spiro atoms. The summed E-state index contributed by atoms with van der Waals surface area (Å²) >= 11 is 3.38. The first-order chi connectivity index (χ1) is 8.31. The highest BCUT2D eigenvalue weighted by atomic mass is 79.9. The van der Waals surface area contributed by atoms with E-state index in [0.717, 1.165) is 29.0 Å². The van der Waals surface area contributed by atoms with Gasteiger partial charge in [-0.15, -0.1) is 0 Å². The summed E-state index contributed by atoms with van der Waals surface area (Å²) in [6, 6.07) is 5.66. The van der Waals surface area contributed by atoms with E-state index in [1.54, 1.807) is 0 Å². The number of ether oxygens (including phenoxy) is 3. The Hall–Kier alpha value is -0.900. The van der Waals surface area contributed by atoms with E-state index in [1.165, 1.54) is 0 Å². The third kappa shape index (κ3) is 4.86. The first-order valence-corrected chi connectivity index (χ1v) is 7.02. The van der Waals surface area contributed by atoms with Crippen LogP contribution >= 0.6 is 15.9 Å². The first kappa shape index (κ1) is 14.2. The predicted molar refractivity (Wildman–Crippen MR) is 72.7 cm³/mol. The predicted octanol–water partition coefficient (Wildman–Crippen LogP) is 3.65. The lowest BCUT2D eigenvalue weighted by Crippen LogP contribution is -2.02. The van der Waals surface area contributed by atoms with Gasteiger partial charge in [0.05, 0.1) is 19.8 Å². The maximum absolute atomic E-state index is 5.68. The zero-order valence-corrected chi connectivity index (χ0v) is 12.0. The van der Waals surface area contributed by atoms with E-state index < -0.39 is 0 Å². The molecule has 17 heavy (non-hydrogen) atoms. The van der Waals surface area contributed by atoms with E-state index in [-0.39, 0.29) is 0 Å². The van der Waals surface area contributed by atoms with Gasteiger partial charge in [0, 0.05) is 11.4 Å². The van der Waals surface area contributed by atoms with Crippen LogP contribution in [-0.2, 0) is 0 Å². The molecule has 0 fully saturated rings. The van der Waals surface area contributed by atoms with Gasteiger partial charge in [-0.3, -0.25) is 0 Å². The van der Waals surface area contributed by atoms with Gasteiger partial charge in [0.25, 0.3) is 0 Å². The molecule has 0 aliphatic rings. The van der Waals surface area contributed by atoms with Gasteiger partial charge < -0.3 is 14.2 Å². The summed E-state index contributed by atoms with van der Waals surface area (Å²) in [5.41, 5.74) is 0. The topological polar surface area (TPSA) is 27.7 Å². The summed E-state index contributed by atoms with van der Waals surface area (Å²) in [5, 5.41) is 0.933. The number of hydrogen-bond acceptors (Lipinski definition) is 3. The Balaban J connectivity index is 2.74. The van der Waals surface area contributed by atoms with E-state index in [9.17, 15) is 0 Å². The lowest BCUT2D eigenvalue weighted by atomic mass is 10.3. The zero-order valence-electron chi connectivity index (χ0n) is 10.4. The molecule has 0 heterocycles. The molecule has 0 N–H and O–H groups in total. The lowest BCUT2D eigenvalue weighted by Gasteiger charge is -2.13. The number of hydrogen-bond donors (Lipinski definition) is 0. The molecule has 1 aromatic rings.